The molecular weight excluding hydrogens is 262 g/mol. The first-order valence-corrected chi connectivity index (χ1v) is 8.02. The van der Waals surface area contributed by atoms with E-state index in [1.807, 2.05) is 7.05 Å². The normalized spacial score (nSPS) is 19.0. The van der Waals surface area contributed by atoms with E-state index in [9.17, 15) is 4.79 Å². The lowest BCUT2D eigenvalue weighted by Crippen LogP contribution is -2.40. The molecule has 0 spiro atoms. The van der Waals surface area contributed by atoms with Gasteiger partial charge in [-0.05, 0) is 56.8 Å². The molecule has 2 aliphatic rings. The lowest BCUT2D eigenvalue weighted by Gasteiger charge is -2.31. The molecule has 3 rings (SSSR count). The number of nitrogens with one attached hydrogen (secondary N) is 2. The second-order valence-corrected chi connectivity index (χ2v) is 6.27. The molecule has 4 heteroatoms. The fraction of sp³-hybridized carbons (Fsp3) is 0.588. The van der Waals surface area contributed by atoms with Crippen molar-refractivity contribution >= 4 is 11.6 Å². The quantitative estimate of drug-likeness (QED) is 0.870. The Morgan fingerprint density at radius 3 is 2.95 bits per heavy atom. The Bertz CT molecular complexity index is 525. The van der Waals surface area contributed by atoms with Crippen molar-refractivity contribution in [2.75, 3.05) is 25.0 Å². The number of fused-ring (bicyclic) bond motifs is 1. The molecule has 1 aliphatic carbocycles. The third-order valence-corrected chi connectivity index (χ3v) is 4.53. The Morgan fingerprint density at radius 2 is 2.24 bits per heavy atom. The van der Waals surface area contributed by atoms with Gasteiger partial charge in [0.2, 0.25) is 5.91 Å². The van der Waals surface area contributed by atoms with Gasteiger partial charge in [-0.2, -0.15) is 0 Å². The summed E-state index contributed by atoms with van der Waals surface area (Å²) in [5, 5.41) is 6.36. The zero-order valence-corrected chi connectivity index (χ0v) is 13.0. The first kappa shape index (κ1) is 14.4. The van der Waals surface area contributed by atoms with E-state index in [-0.39, 0.29) is 5.91 Å². The molecule has 1 amide bonds. The Balaban J connectivity index is 1.72. The van der Waals surface area contributed by atoms with Crippen LogP contribution < -0.4 is 15.5 Å². The van der Waals surface area contributed by atoms with Crippen LogP contribution in [-0.2, 0) is 11.2 Å². The summed E-state index contributed by atoms with van der Waals surface area (Å²) in [7, 11) is 1.98. The predicted molar refractivity (Wildman–Crippen MR) is 85.6 cm³/mol. The number of hydrogen-bond donors (Lipinski definition) is 2. The van der Waals surface area contributed by atoms with Gasteiger partial charge in [0.15, 0.2) is 0 Å². The fourth-order valence-electron chi connectivity index (χ4n) is 2.97. The van der Waals surface area contributed by atoms with E-state index in [1.54, 1.807) is 0 Å². The van der Waals surface area contributed by atoms with Gasteiger partial charge in [0.1, 0.15) is 0 Å². The van der Waals surface area contributed by atoms with E-state index in [1.165, 1.54) is 16.8 Å². The van der Waals surface area contributed by atoms with Crippen molar-refractivity contribution in [1.82, 2.24) is 10.6 Å². The second-order valence-electron chi connectivity index (χ2n) is 6.27. The highest BCUT2D eigenvalue weighted by Gasteiger charge is 2.25. The summed E-state index contributed by atoms with van der Waals surface area (Å²) in [6.07, 6.45) is 4.53. The molecule has 21 heavy (non-hydrogen) atoms. The van der Waals surface area contributed by atoms with E-state index in [0.717, 1.165) is 32.2 Å². The number of carbonyl (C=O) groups excluding carboxylic acids is 1. The first-order chi connectivity index (χ1) is 10.2. The van der Waals surface area contributed by atoms with Gasteiger partial charge in [0, 0.05) is 24.3 Å². The number of anilines is 1. The highest BCUT2D eigenvalue weighted by atomic mass is 16.2. The van der Waals surface area contributed by atoms with Crippen LogP contribution >= 0.6 is 0 Å². The number of benzene rings is 1. The van der Waals surface area contributed by atoms with Gasteiger partial charge in [-0.3, -0.25) is 4.79 Å². The number of hydrogen-bond acceptors (Lipinski definition) is 3. The van der Waals surface area contributed by atoms with Crippen LogP contribution in [0.3, 0.4) is 0 Å². The van der Waals surface area contributed by atoms with Gasteiger partial charge in [-0.15, -0.1) is 0 Å². The van der Waals surface area contributed by atoms with E-state index >= 15 is 0 Å². The van der Waals surface area contributed by atoms with Gasteiger partial charge < -0.3 is 15.5 Å². The monoisotopic (exact) mass is 287 g/mol. The number of nitrogens with zero attached hydrogens (tertiary/aromatic N) is 1. The maximum atomic E-state index is 12.0. The maximum absolute atomic E-state index is 12.0. The van der Waals surface area contributed by atoms with Crippen LogP contribution in [0.15, 0.2) is 18.2 Å². The lowest BCUT2D eigenvalue weighted by atomic mass is 9.97. The van der Waals surface area contributed by atoms with Crippen LogP contribution in [0, 0.1) is 0 Å². The second kappa shape index (κ2) is 6.06. The van der Waals surface area contributed by atoms with Crippen molar-refractivity contribution in [3.8, 4) is 0 Å². The molecule has 1 atom stereocenters. The van der Waals surface area contributed by atoms with Crippen molar-refractivity contribution in [3.63, 3.8) is 0 Å². The maximum Gasteiger partial charge on any atom is 0.239 e. The summed E-state index contributed by atoms with van der Waals surface area (Å²) in [4.78, 5) is 14.3. The zero-order valence-electron chi connectivity index (χ0n) is 13.0. The number of carbonyl (C=O) groups is 1. The molecule has 1 saturated carbocycles. The van der Waals surface area contributed by atoms with Crippen LogP contribution in [-0.4, -0.2) is 32.1 Å². The summed E-state index contributed by atoms with van der Waals surface area (Å²) < 4.78 is 0. The Morgan fingerprint density at radius 1 is 1.43 bits per heavy atom. The van der Waals surface area contributed by atoms with Crippen LogP contribution in [0.1, 0.15) is 43.4 Å². The van der Waals surface area contributed by atoms with Gasteiger partial charge >= 0.3 is 0 Å². The van der Waals surface area contributed by atoms with Crippen molar-refractivity contribution in [1.29, 1.82) is 0 Å². The third kappa shape index (κ3) is 3.38. The smallest absolute Gasteiger partial charge is 0.239 e. The molecule has 1 aliphatic heterocycles. The van der Waals surface area contributed by atoms with Gasteiger partial charge in [0.25, 0.3) is 0 Å². The largest absolute Gasteiger partial charge is 0.362 e. The van der Waals surface area contributed by atoms with E-state index in [4.69, 9.17) is 0 Å². The molecule has 1 heterocycles. The molecule has 0 bridgehead atoms. The third-order valence-electron chi connectivity index (χ3n) is 4.53. The van der Waals surface area contributed by atoms with E-state index in [2.05, 4.69) is 40.7 Å². The van der Waals surface area contributed by atoms with E-state index < -0.39 is 0 Å². The molecule has 4 nitrogen and oxygen atoms in total. The molecule has 0 radical (unpaired) electrons. The average Bonchev–Trinajstić information content (AvgIpc) is 3.30. The standard InChI is InChI=1S/C17H25N3O/c1-12(18-2)13-5-8-16-14(10-13)4-3-9-20(16)11-17(21)19-15-6-7-15/h5,8,10,12,15,18H,3-4,6-7,9,11H2,1-2H3,(H,19,21). The fourth-order valence-corrected chi connectivity index (χ4v) is 2.97. The SMILES string of the molecule is CNC(C)c1ccc2c(c1)CCCN2CC(=O)NC1CC1. The summed E-state index contributed by atoms with van der Waals surface area (Å²) in [6.45, 7) is 3.64. The van der Waals surface area contributed by atoms with Crippen LogP contribution in [0.25, 0.3) is 0 Å². The van der Waals surface area contributed by atoms with Gasteiger partial charge in [-0.25, -0.2) is 0 Å². The topological polar surface area (TPSA) is 44.4 Å². The molecule has 2 N–H and O–H groups in total. The molecule has 0 saturated heterocycles. The Kier molecular flexibility index (Phi) is 4.15. The number of aryl methyl sites for hydroxylation is 1. The molecule has 0 aromatic heterocycles. The molecule has 1 aromatic rings. The highest BCUT2D eigenvalue weighted by molar-refractivity contribution is 5.82. The van der Waals surface area contributed by atoms with Gasteiger partial charge in [0.05, 0.1) is 6.54 Å². The molecule has 1 fully saturated rings. The summed E-state index contributed by atoms with van der Waals surface area (Å²) >= 11 is 0. The number of rotatable bonds is 5. The summed E-state index contributed by atoms with van der Waals surface area (Å²) in [6, 6.07) is 7.46. The predicted octanol–water partition coefficient (Wildman–Crippen LogP) is 2.00. The summed E-state index contributed by atoms with van der Waals surface area (Å²) in [5.74, 6) is 0.165. The first-order valence-electron chi connectivity index (χ1n) is 8.02. The molecule has 1 aromatic carbocycles. The van der Waals surface area contributed by atoms with E-state index in [0.29, 0.717) is 18.6 Å². The minimum Gasteiger partial charge on any atom is -0.362 e. The van der Waals surface area contributed by atoms with Crippen LogP contribution in [0.4, 0.5) is 5.69 Å². The minimum absolute atomic E-state index is 0.165. The van der Waals surface area contributed by atoms with Crippen LogP contribution in [0.2, 0.25) is 0 Å². The lowest BCUT2D eigenvalue weighted by molar-refractivity contribution is -0.119. The summed E-state index contributed by atoms with van der Waals surface area (Å²) in [5.41, 5.74) is 3.93. The average molecular weight is 287 g/mol. The minimum atomic E-state index is 0.165. The van der Waals surface area contributed by atoms with Crippen molar-refractivity contribution in [3.05, 3.63) is 29.3 Å². The van der Waals surface area contributed by atoms with Crippen molar-refractivity contribution in [2.24, 2.45) is 0 Å². The molecule has 1 unspecified atom stereocenters. The van der Waals surface area contributed by atoms with Crippen molar-refractivity contribution < 1.29 is 4.79 Å². The van der Waals surface area contributed by atoms with Crippen molar-refractivity contribution in [2.45, 2.75) is 44.7 Å². The van der Waals surface area contributed by atoms with Crippen LogP contribution in [0.5, 0.6) is 0 Å². The zero-order chi connectivity index (χ0) is 14.8. The molecule has 114 valence electrons. The molecular formula is C17H25N3O. The van der Waals surface area contributed by atoms with Gasteiger partial charge in [-0.1, -0.05) is 12.1 Å². The Labute approximate surface area is 126 Å². The highest BCUT2D eigenvalue weighted by Crippen LogP contribution is 2.29. The number of amides is 1. The Hall–Kier alpha value is -1.55.